The van der Waals surface area contributed by atoms with Gasteiger partial charge < -0.3 is 14.2 Å². The zero-order chi connectivity index (χ0) is 11.1. The fourth-order valence-electron chi connectivity index (χ4n) is 2.35. The monoisotopic (exact) mass is 212 g/mol. The summed E-state index contributed by atoms with van der Waals surface area (Å²) >= 11 is 0. The fraction of sp³-hybridized carbons (Fsp3) is 0.727. The highest BCUT2D eigenvalue weighted by Gasteiger charge is 2.53. The van der Waals surface area contributed by atoms with Crippen LogP contribution >= 0.6 is 0 Å². The van der Waals surface area contributed by atoms with Crippen molar-refractivity contribution >= 4 is 5.97 Å². The van der Waals surface area contributed by atoms with Crippen molar-refractivity contribution in [2.75, 3.05) is 14.2 Å². The quantitative estimate of drug-likeness (QED) is 0.650. The molecule has 15 heavy (non-hydrogen) atoms. The van der Waals surface area contributed by atoms with Crippen molar-refractivity contribution in [2.24, 2.45) is 11.8 Å². The van der Waals surface area contributed by atoms with E-state index in [1.54, 1.807) is 21.1 Å². The van der Waals surface area contributed by atoms with E-state index in [9.17, 15) is 4.79 Å². The number of fused-ring (bicyclic) bond motifs is 1. The summed E-state index contributed by atoms with van der Waals surface area (Å²) in [7, 11) is 3.21. The molecule has 3 atom stereocenters. The first-order chi connectivity index (χ1) is 7.10. The highest BCUT2D eigenvalue weighted by molar-refractivity contribution is 5.76. The minimum absolute atomic E-state index is 0.0290. The second-order valence-electron chi connectivity index (χ2n) is 4.15. The Morgan fingerprint density at radius 2 is 2.27 bits per heavy atom. The first kappa shape index (κ1) is 10.5. The Hall–Kier alpha value is -1.03. The molecule has 0 aromatic rings. The number of rotatable bonds is 2. The summed E-state index contributed by atoms with van der Waals surface area (Å²) < 4.78 is 15.8. The van der Waals surface area contributed by atoms with E-state index in [0.29, 0.717) is 0 Å². The molecule has 1 aliphatic heterocycles. The van der Waals surface area contributed by atoms with Crippen LogP contribution in [-0.2, 0) is 19.0 Å². The van der Waals surface area contributed by atoms with Crippen molar-refractivity contribution in [3.8, 4) is 0 Å². The minimum atomic E-state index is -0.827. The number of carbonyl (C=O) groups is 1. The average molecular weight is 212 g/mol. The van der Waals surface area contributed by atoms with Gasteiger partial charge in [0.1, 0.15) is 0 Å². The highest BCUT2D eigenvalue weighted by atomic mass is 16.7. The summed E-state index contributed by atoms with van der Waals surface area (Å²) in [6.07, 6.45) is 3.54. The van der Waals surface area contributed by atoms with Crippen LogP contribution in [0.3, 0.4) is 0 Å². The van der Waals surface area contributed by atoms with Crippen LogP contribution in [0.2, 0.25) is 0 Å². The predicted octanol–water partition coefficient (Wildman–Crippen LogP) is 1.46. The van der Waals surface area contributed by atoms with Crippen molar-refractivity contribution in [3.63, 3.8) is 0 Å². The summed E-state index contributed by atoms with van der Waals surface area (Å²) in [5, 5.41) is 0. The van der Waals surface area contributed by atoms with Gasteiger partial charge in [-0.2, -0.15) is 0 Å². The topological polar surface area (TPSA) is 44.8 Å². The predicted molar refractivity (Wildman–Crippen MR) is 52.8 cm³/mol. The third-order valence-electron chi connectivity index (χ3n) is 3.38. The third-order valence-corrected chi connectivity index (χ3v) is 3.38. The van der Waals surface area contributed by atoms with E-state index in [1.165, 1.54) is 0 Å². The molecule has 4 heteroatoms. The Labute approximate surface area is 89.2 Å². The van der Waals surface area contributed by atoms with E-state index >= 15 is 0 Å². The van der Waals surface area contributed by atoms with Gasteiger partial charge in [-0.1, -0.05) is 0 Å². The minimum Gasteiger partial charge on any atom is -0.501 e. The van der Waals surface area contributed by atoms with Gasteiger partial charge in [0.25, 0.3) is 0 Å². The average Bonchev–Trinajstić information content (AvgIpc) is 2.52. The normalized spacial score (nSPS) is 39.4. The van der Waals surface area contributed by atoms with Crippen molar-refractivity contribution in [1.29, 1.82) is 0 Å². The van der Waals surface area contributed by atoms with Crippen LogP contribution in [0.1, 0.15) is 19.8 Å². The number of esters is 1. The van der Waals surface area contributed by atoms with Gasteiger partial charge in [-0.3, -0.25) is 4.79 Å². The highest BCUT2D eigenvalue weighted by Crippen LogP contribution is 2.44. The molecule has 0 N–H and O–H groups in total. The van der Waals surface area contributed by atoms with E-state index in [4.69, 9.17) is 14.2 Å². The van der Waals surface area contributed by atoms with Gasteiger partial charge in [0.2, 0.25) is 5.79 Å². The number of carbonyl (C=O) groups excluding carboxylic acids is 1. The van der Waals surface area contributed by atoms with Crippen LogP contribution in [0, 0.1) is 11.8 Å². The van der Waals surface area contributed by atoms with Gasteiger partial charge in [-0.15, -0.1) is 0 Å². The molecule has 0 amide bonds. The molecule has 0 aromatic carbocycles. The molecule has 4 nitrogen and oxygen atoms in total. The summed E-state index contributed by atoms with van der Waals surface area (Å²) in [4.78, 5) is 11.6. The standard InChI is InChI=1S/C11H16O4/c1-11(14-3)9-6-7(13-2)4-5-8(9)10(12)15-11/h6,8-9H,4-5H2,1-3H3/t8-,9+,11-/m0/s1. The maximum Gasteiger partial charge on any atom is 0.312 e. The Morgan fingerprint density at radius 1 is 1.53 bits per heavy atom. The maximum absolute atomic E-state index is 11.6. The van der Waals surface area contributed by atoms with Gasteiger partial charge in [-0.05, 0) is 12.5 Å². The van der Waals surface area contributed by atoms with E-state index in [-0.39, 0.29) is 17.8 Å². The molecule has 2 rings (SSSR count). The van der Waals surface area contributed by atoms with Crippen LogP contribution in [0.4, 0.5) is 0 Å². The molecule has 1 aliphatic carbocycles. The van der Waals surface area contributed by atoms with E-state index in [0.717, 1.165) is 18.6 Å². The van der Waals surface area contributed by atoms with Gasteiger partial charge >= 0.3 is 5.97 Å². The Bertz CT molecular complexity index is 310. The largest absolute Gasteiger partial charge is 0.501 e. The molecule has 0 bridgehead atoms. The molecule has 1 fully saturated rings. The van der Waals surface area contributed by atoms with Gasteiger partial charge in [0.05, 0.1) is 24.7 Å². The first-order valence-electron chi connectivity index (χ1n) is 5.13. The second-order valence-corrected chi connectivity index (χ2v) is 4.15. The van der Waals surface area contributed by atoms with Crippen LogP contribution in [0.15, 0.2) is 11.8 Å². The maximum atomic E-state index is 11.6. The van der Waals surface area contributed by atoms with Crippen LogP contribution in [0.5, 0.6) is 0 Å². The van der Waals surface area contributed by atoms with Crippen LogP contribution in [0.25, 0.3) is 0 Å². The van der Waals surface area contributed by atoms with Gasteiger partial charge in [0.15, 0.2) is 0 Å². The van der Waals surface area contributed by atoms with E-state index in [1.807, 2.05) is 6.08 Å². The number of hydrogen-bond acceptors (Lipinski definition) is 4. The Balaban J connectivity index is 2.31. The van der Waals surface area contributed by atoms with Crippen molar-refractivity contribution in [1.82, 2.24) is 0 Å². The molecular formula is C11H16O4. The number of cyclic esters (lactones) is 1. The van der Waals surface area contributed by atoms with Crippen LogP contribution < -0.4 is 0 Å². The SMILES string of the molecule is COC1=C[C@@H]2[C@H](CC1)C(=O)O[C@]2(C)OC. The fourth-order valence-corrected chi connectivity index (χ4v) is 2.35. The summed E-state index contributed by atoms with van der Waals surface area (Å²) in [5.74, 6) is -0.174. The van der Waals surface area contributed by atoms with E-state index in [2.05, 4.69) is 0 Å². The summed E-state index contributed by atoms with van der Waals surface area (Å²) in [6, 6.07) is 0. The Kier molecular flexibility index (Phi) is 2.46. The Morgan fingerprint density at radius 3 is 2.87 bits per heavy atom. The number of hydrogen-bond donors (Lipinski definition) is 0. The lowest BCUT2D eigenvalue weighted by Gasteiger charge is -2.29. The molecule has 0 spiro atoms. The smallest absolute Gasteiger partial charge is 0.312 e. The van der Waals surface area contributed by atoms with E-state index < -0.39 is 5.79 Å². The van der Waals surface area contributed by atoms with Crippen molar-refractivity contribution < 1.29 is 19.0 Å². The van der Waals surface area contributed by atoms with Crippen molar-refractivity contribution in [3.05, 3.63) is 11.8 Å². The number of ether oxygens (including phenoxy) is 3. The number of allylic oxidation sites excluding steroid dienone is 1. The zero-order valence-corrected chi connectivity index (χ0v) is 9.28. The summed E-state index contributed by atoms with van der Waals surface area (Å²) in [5.41, 5.74) is 0. The molecule has 0 unspecified atom stereocenters. The van der Waals surface area contributed by atoms with Crippen LogP contribution in [-0.4, -0.2) is 26.0 Å². The number of methoxy groups -OCH3 is 2. The molecule has 1 heterocycles. The lowest BCUT2D eigenvalue weighted by Crippen LogP contribution is -2.35. The molecule has 84 valence electrons. The lowest BCUT2D eigenvalue weighted by molar-refractivity contribution is -0.201. The first-order valence-corrected chi connectivity index (χ1v) is 5.13. The van der Waals surface area contributed by atoms with Crippen molar-refractivity contribution in [2.45, 2.75) is 25.6 Å². The van der Waals surface area contributed by atoms with Gasteiger partial charge in [-0.25, -0.2) is 0 Å². The van der Waals surface area contributed by atoms with Gasteiger partial charge in [0, 0.05) is 20.5 Å². The molecular weight excluding hydrogens is 196 g/mol. The zero-order valence-electron chi connectivity index (χ0n) is 9.28. The lowest BCUT2D eigenvalue weighted by atomic mass is 9.81. The summed E-state index contributed by atoms with van der Waals surface area (Å²) in [6.45, 7) is 1.80. The molecule has 0 saturated carbocycles. The molecule has 1 saturated heterocycles. The molecule has 0 aromatic heterocycles. The third kappa shape index (κ3) is 1.53. The molecule has 2 aliphatic rings. The second kappa shape index (κ2) is 3.52. The molecule has 0 radical (unpaired) electrons.